The van der Waals surface area contributed by atoms with Crippen molar-refractivity contribution in [3.63, 3.8) is 0 Å². The van der Waals surface area contributed by atoms with Gasteiger partial charge in [0, 0.05) is 6.54 Å². The van der Waals surface area contributed by atoms with Crippen molar-refractivity contribution in [2.75, 3.05) is 0 Å². The molecule has 0 aliphatic rings. The molecule has 2 aromatic heterocycles. The van der Waals surface area contributed by atoms with Crippen molar-refractivity contribution in [2.45, 2.75) is 33.2 Å². The van der Waals surface area contributed by atoms with Crippen molar-refractivity contribution in [1.29, 1.82) is 0 Å². The molecule has 18 heavy (non-hydrogen) atoms. The van der Waals surface area contributed by atoms with Crippen molar-refractivity contribution in [2.24, 2.45) is 0 Å². The monoisotopic (exact) mass is 311 g/mol. The van der Waals surface area contributed by atoms with Crippen LogP contribution >= 0.6 is 15.9 Å². The predicted octanol–water partition coefficient (Wildman–Crippen LogP) is 1.77. The number of nitrogens with one attached hydrogen (secondary N) is 1. The number of nitrogens with zero attached hydrogens (tertiary/aromatic N) is 4. The number of rotatable bonds is 5. The minimum Gasteiger partial charge on any atom is -0.290 e. The molecule has 2 rings (SSSR count). The summed E-state index contributed by atoms with van der Waals surface area (Å²) in [4.78, 5) is 15.9. The highest BCUT2D eigenvalue weighted by molar-refractivity contribution is 9.10. The van der Waals surface area contributed by atoms with Crippen molar-refractivity contribution < 1.29 is 4.79 Å². The Balaban J connectivity index is 2.28. The number of halogens is 1. The number of aryl methyl sites for hydroxylation is 2. The summed E-state index contributed by atoms with van der Waals surface area (Å²) in [5.74, 6) is 0.189. The Labute approximate surface area is 113 Å². The number of H-pyrrole nitrogens is 1. The Hall–Kier alpha value is -1.50. The van der Waals surface area contributed by atoms with Crippen LogP contribution in [-0.4, -0.2) is 30.7 Å². The van der Waals surface area contributed by atoms with Crippen LogP contribution in [0.3, 0.4) is 0 Å². The quantitative estimate of drug-likeness (QED) is 0.854. The molecule has 2 heterocycles. The van der Waals surface area contributed by atoms with E-state index >= 15 is 0 Å². The van der Waals surface area contributed by atoms with Gasteiger partial charge in [-0.2, -0.15) is 10.2 Å². The molecule has 0 radical (unpaired) electrons. The molecule has 0 aromatic carbocycles. The summed E-state index contributed by atoms with van der Waals surface area (Å²) in [6.45, 7) is 4.77. The van der Waals surface area contributed by atoms with Crippen LogP contribution < -0.4 is 0 Å². The maximum absolute atomic E-state index is 12.0. The first-order chi connectivity index (χ1) is 8.67. The lowest BCUT2D eigenvalue weighted by atomic mass is 10.2. The first-order valence-corrected chi connectivity index (χ1v) is 6.59. The topological polar surface area (TPSA) is 76.5 Å². The van der Waals surface area contributed by atoms with E-state index in [1.54, 1.807) is 0 Å². The van der Waals surface area contributed by atoms with Gasteiger partial charge in [-0.1, -0.05) is 6.92 Å². The molecule has 96 valence electrons. The zero-order valence-electron chi connectivity index (χ0n) is 10.3. The first-order valence-electron chi connectivity index (χ1n) is 5.80. The van der Waals surface area contributed by atoms with Gasteiger partial charge >= 0.3 is 0 Å². The molecule has 0 aliphatic carbocycles. The maximum Gasteiger partial charge on any atom is 0.205 e. The van der Waals surface area contributed by atoms with E-state index in [1.807, 2.05) is 18.5 Å². The smallest absolute Gasteiger partial charge is 0.205 e. The van der Waals surface area contributed by atoms with Gasteiger partial charge in [-0.05, 0) is 29.3 Å². The predicted molar refractivity (Wildman–Crippen MR) is 69.4 cm³/mol. The number of hydrogen-bond acceptors (Lipinski definition) is 4. The Bertz CT molecular complexity index is 546. The molecule has 0 fully saturated rings. The van der Waals surface area contributed by atoms with Gasteiger partial charge < -0.3 is 0 Å². The van der Waals surface area contributed by atoms with E-state index in [1.165, 1.54) is 6.33 Å². The molecule has 0 saturated carbocycles. The SMILES string of the molecule is CCc1nn(CC)c(CC(=O)c2ncn[nH]2)c1Br. The van der Waals surface area contributed by atoms with Crippen LogP contribution in [0.1, 0.15) is 35.9 Å². The standard InChI is InChI=1S/C11H14BrN5O/c1-3-7-10(12)8(17(4-2)16-7)5-9(18)11-13-6-14-15-11/h6H,3-5H2,1-2H3,(H,13,14,15). The largest absolute Gasteiger partial charge is 0.290 e. The minimum absolute atomic E-state index is 0.0922. The summed E-state index contributed by atoms with van der Waals surface area (Å²) in [7, 11) is 0. The van der Waals surface area contributed by atoms with E-state index in [2.05, 4.69) is 36.2 Å². The fourth-order valence-electron chi connectivity index (χ4n) is 1.76. The second kappa shape index (κ2) is 5.43. The van der Waals surface area contributed by atoms with Gasteiger partial charge in [0.1, 0.15) is 6.33 Å². The van der Waals surface area contributed by atoms with E-state index in [9.17, 15) is 4.79 Å². The summed E-state index contributed by atoms with van der Waals surface area (Å²) < 4.78 is 2.76. The number of carbonyl (C=O) groups excluding carboxylic acids is 1. The van der Waals surface area contributed by atoms with Crippen LogP contribution in [0, 0.1) is 0 Å². The number of carbonyl (C=O) groups is 1. The number of Topliss-reactive ketones (excluding diaryl/α,β-unsaturated/α-hetero) is 1. The lowest BCUT2D eigenvalue weighted by Gasteiger charge is -2.03. The van der Waals surface area contributed by atoms with Crippen LogP contribution in [0.4, 0.5) is 0 Å². The van der Waals surface area contributed by atoms with Crippen LogP contribution in [0.25, 0.3) is 0 Å². The van der Waals surface area contributed by atoms with Gasteiger partial charge in [0.05, 0.1) is 22.3 Å². The molecule has 0 aliphatic heterocycles. The lowest BCUT2D eigenvalue weighted by Crippen LogP contribution is -2.11. The van der Waals surface area contributed by atoms with E-state index in [0.717, 1.165) is 28.8 Å². The summed E-state index contributed by atoms with van der Waals surface area (Å²) >= 11 is 3.51. The average Bonchev–Trinajstić information content (AvgIpc) is 2.99. The van der Waals surface area contributed by atoms with Crippen molar-refractivity contribution >= 4 is 21.7 Å². The molecule has 0 unspecified atom stereocenters. The van der Waals surface area contributed by atoms with E-state index in [4.69, 9.17) is 0 Å². The molecule has 0 amide bonds. The highest BCUT2D eigenvalue weighted by atomic mass is 79.9. The van der Waals surface area contributed by atoms with Crippen molar-refractivity contribution in [3.8, 4) is 0 Å². The molecular weight excluding hydrogens is 298 g/mol. The summed E-state index contributed by atoms with van der Waals surface area (Å²) in [5, 5.41) is 10.7. The number of hydrogen-bond donors (Lipinski definition) is 1. The Morgan fingerprint density at radius 1 is 1.50 bits per heavy atom. The normalized spacial score (nSPS) is 10.8. The molecule has 0 bridgehead atoms. The average molecular weight is 312 g/mol. The Morgan fingerprint density at radius 3 is 2.83 bits per heavy atom. The molecule has 0 atom stereocenters. The first kappa shape index (κ1) is 12.9. The second-order valence-electron chi connectivity index (χ2n) is 3.81. The van der Waals surface area contributed by atoms with Gasteiger partial charge in [0.15, 0.2) is 5.82 Å². The highest BCUT2D eigenvalue weighted by Crippen LogP contribution is 2.23. The molecule has 0 spiro atoms. The minimum atomic E-state index is -0.0922. The Kier molecular flexibility index (Phi) is 3.90. The lowest BCUT2D eigenvalue weighted by molar-refractivity contribution is 0.0981. The van der Waals surface area contributed by atoms with Crippen LogP contribution in [0.2, 0.25) is 0 Å². The molecule has 6 nitrogen and oxygen atoms in total. The van der Waals surface area contributed by atoms with Crippen LogP contribution in [-0.2, 0) is 19.4 Å². The zero-order chi connectivity index (χ0) is 13.1. The fraction of sp³-hybridized carbons (Fsp3) is 0.455. The Morgan fingerprint density at radius 2 is 2.28 bits per heavy atom. The third kappa shape index (κ3) is 2.35. The molecular formula is C11H14BrN5O. The molecule has 1 N–H and O–H groups in total. The second-order valence-corrected chi connectivity index (χ2v) is 4.60. The van der Waals surface area contributed by atoms with Gasteiger partial charge in [-0.15, -0.1) is 0 Å². The van der Waals surface area contributed by atoms with Crippen molar-refractivity contribution in [3.05, 3.63) is 28.0 Å². The van der Waals surface area contributed by atoms with Crippen LogP contribution in [0.15, 0.2) is 10.8 Å². The van der Waals surface area contributed by atoms with Gasteiger partial charge in [-0.3, -0.25) is 14.6 Å². The number of ketones is 1. The van der Waals surface area contributed by atoms with E-state index in [-0.39, 0.29) is 18.0 Å². The van der Waals surface area contributed by atoms with Gasteiger partial charge in [-0.25, -0.2) is 4.98 Å². The van der Waals surface area contributed by atoms with Crippen molar-refractivity contribution in [1.82, 2.24) is 25.0 Å². The zero-order valence-corrected chi connectivity index (χ0v) is 11.9. The summed E-state index contributed by atoms with van der Waals surface area (Å²) in [5.41, 5.74) is 1.85. The third-order valence-corrected chi connectivity index (χ3v) is 3.62. The van der Waals surface area contributed by atoms with Crippen LogP contribution in [0.5, 0.6) is 0 Å². The molecule has 0 saturated heterocycles. The number of aromatic amines is 1. The van der Waals surface area contributed by atoms with E-state index < -0.39 is 0 Å². The molecule has 7 heteroatoms. The summed E-state index contributed by atoms with van der Waals surface area (Å²) in [6, 6.07) is 0. The van der Waals surface area contributed by atoms with Gasteiger partial charge in [0.25, 0.3) is 0 Å². The number of aromatic nitrogens is 5. The van der Waals surface area contributed by atoms with Gasteiger partial charge in [0.2, 0.25) is 5.78 Å². The fourth-order valence-corrected chi connectivity index (χ4v) is 2.47. The maximum atomic E-state index is 12.0. The highest BCUT2D eigenvalue weighted by Gasteiger charge is 2.18. The van der Waals surface area contributed by atoms with E-state index in [0.29, 0.717) is 0 Å². The molecule has 2 aromatic rings. The summed E-state index contributed by atoms with van der Waals surface area (Å²) in [6.07, 6.45) is 2.42. The third-order valence-electron chi connectivity index (χ3n) is 2.70.